The molecule has 1 fully saturated rings. The summed E-state index contributed by atoms with van der Waals surface area (Å²) in [5, 5.41) is 3.93. The molecule has 1 aliphatic heterocycles. The average Bonchev–Trinajstić information content (AvgIpc) is 2.96. The summed E-state index contributed by atoms with van der Waals surface area (Å²) in [7, 11) is 0. The van der Waals surface area contributed by atoms with Crippen molar-refractivity contribution in [3.05, 3.63) is 28.2 Å². The minimum absolute atomic E-state index is 0.0244. The maximum absolute atomic E-state index is 11.7. The summed E-state index contributed by atoms with van der Waals surface area (Å²) in [6.07, 6.45) is 3.35. The third-order valence-corrected chi connectivity index (χ3v) is 3.78. The van der Waals surface area contributed by atoms with E-state index in [9.17, 15) is 4.79 Å². The van der Waals surface area contributed by atoms with Gasteiger partial charge in [0.25, 0.3) is 0 Å². The van der Waals surface area contributed by atoms with Gasteiger partial charge in [-0.2, -0.15) is 0 Å². The molecule has 1 amide bonds. The van der Waals surface area contributed by atoms with Crippen molar-refractivity contribution in [3.63, 3.8) is 0 Å². The SMILES string of the molecule is O=C(CCCOc1ccc(Cl)cc1Cl)NC[C@@H]1CCCO1. The monoisotopic (exact) mass is 331 g/mol. The second-order valence-electron chi connectivity index (χ2n) is 4.97. The summed E-state index contributed by atoms with van der Waals surface area (Å²) in [6, 6.07) is 5.08. The number of hydrogen-bond acceptors (Lipinski definition) is 3. The van der Waals surface area contributed by atoms with Crippen LogP contribution < -0.4 is 10.1 Å². The van der Waals surface area contributed by atoms with Crippen LogP contribution in [-0.4, -0.2) is 31.8 Å². The quantitative estimate of drug-likeness (QED) is 0.778. The van der Waals surface area contributed by atoms with Crippen molar-refractivity contribution in [2.24, 2.45) is 0 Å². The van der Waals surface area contributed by atoms with Crippen LogP contribution in [-0.2, 0) is 9.53 Å². The van der Waals surface area contributed by atoms with Gasteiger partial charge in [-0.3, -0.25) is 4.79 Å². The van der Waals surface area contributed by atoms with E-state index in [-0.39, 0.29) is 12.0 Å². The van der Waals surface area contributed by atoms with Crippen LogP contribution >= 0.6 is 23.2 Å². The third-order valence-electron chi connectivity index (χ3n) is 3.25. The van der Waals surface area contributed by atoms with Crippen molar-refractivity contribution in [3.8, 4) is 5.75 Å². The Labute approximate surface area is 134 Å². The predicted molar refractivity (Wildman–Crippen MR) is 83.2 cm³/mol. The summed E-state index contributed by atoms with van der Waals surface area (Å²) >= 11 is 11.8. The number of hydrogen-bond donors (Lipinski definition) is 1. The van der Waals surface area contributed by atoms with E-state index in [0.717, 1.165) is 19.4 Å². The fourth-order valence-corrected chi connectivity index (χ4v) is 2.59. The lowest BCUT2D eigenvalue weighted by molar-refractivity contribution is -0.121. The Kier molecular flexibility index (Phi) is 6.61. The van der Waals surface area contributed by atoms with Crippen LogP contribution in [0.5, 0.6) is 5.75 Å². The minimum atomic E-state index is 0.0244. The van der Waals surface area contributed by atoms with Crippen LogP contribution in [0.3, 0.4) is 0 Å². The first-order valence-corrected chi connectivity index (χ1v) is 7.87. The van der Waals surface area contributed by atoms with Gasteiger partial charge in [-0.15, -0.1) is 0 Å². The van der Waals surface area contributed by atoms with Crippen LogP contribution in [0, 0.1) is 0 Å². The Hall–Kier alpha value is -0.970. The Morgan fingerprint density at radius 3 is 3.00 bits per heavy atom. The highest BCUT2D eigenvalue weighted by Crippen LogP contribution is 2.27. The number of amides is 1. The minimum Gasteiger partial charge on any atom is -0.492 e. The Morgan fingerprint density at radius 1 is 1.43 bits per heavy atom. The van der Waals surface area contributed by atoms with Gasteiger partial charge in [0, 0.05) is 24.6 Å². The number of carbonyl (C=O) groups excluding carboxylic acids is 1. The molecule has 1 atom stereocenters. The van der Waals surface area contributed by atoms with Gasteiger partial charge in [0.2, 0.25) is 5.91 Å². The third kappa shape index (κ3) is 5.73. The van der Waals surface area contributed by atoms with Crippen molar-refractivity contribution in [1.82, 2.24) is 5.32 Å². The molecule has 0 spiro atoms. The number of rotatable bonds is 7. The van der Waals surface area contributed by atoms with Crippen LogP contribution in [0.2, 0.25) is 10.0 Å². The molecule has 1 N–H and O–H groups in total. The van der Waals surface area contributed by atoms with Gasteiger partial charge >= 0.3 is 0 Å². The summed E-state index contributed by atoms with van der Waals surface area (Å²) in [5.41, 5.74) is 0. The Morgan fingerprint density at radius 2 is 2.29 bits per heavy atom. The maximum Gasteiger partial charge on any atom is 0.220 e. The number of halogens is 2. The molecule has 0 aromatic heterocycles. The molecule has 1 saturated heterocycles. The first-order valence-electron chi connectivity index (χ1n) is 7.11. The van der Waals surface area contributed by atoms with E-state index in [1.165, 1.54) is 0 Å². The maximum atomic E-state index is 11.7. The molecule has 1 heterocycles. The molecule has 2 rings (SSSR count). The predicted octanol–water partition coefficient (Wildman–Crippen LogP) is 3.45. The van der Waals surface area contributed by atoms with E-state index in [1.54, 1.807) is 18.2 Å². The van der Waals surface area contributed by atoms with Crippen molar-refractivity contribution < 1.29 is 14.3 Å². The highest BCUT2D eigenvalue weighted by atomic mass is 35.5. The fourth-order valence-electron chi connectivity index (χ4n) is 2.13. The summed E-state index contributed by atoms with van der Waals surface area (Å²) < 4.78 is 11.0. The van der Waals surface area contributed by atoms with Gasteiger partial charge < -0.3 is 14.8 Å². The van der Waals surface area contributed by atoms with Crippen LogP contribution in [0.4, 0.5) is 0 Å². The molecule has 0 radical (unpaired) electrons. The smallest absolute Gasteiger partial charge is 0.220 e. The van der Waals surface area contributed by atoms with Gasteiger partial charge in [-0.05, 0) is 37.5 Å². The molecule has 0 unspecified atom stereocenters. The summed E-state index contributed by atoms with van der Waals surface area (Å²) in [4.78, 5) is 11.7. The molecule has 1 aliphatic rings. The average molecular weight is 332 g/mol. The van der Waals surface area contributed by atoms with Crippen LogP contribution in [0.15, 0.2) is 18.2 Å². The zero-order valence-electron chi connectivity index (χ0n) is 11.7. The van der Waals surface area contributed by atoms with Crippen LogP contribution in [0.1, 0.15) is 25.7 Å². The molecule has 4 nitrogen and oxygen atoms in total. The van der Waals surface area contributed by atoms with E-state index in [2.05, 4.69) is 5.32 Å². The van der Waals surface area contributed by atoms with Crippen LogP contribution in [0.25, 0.3) is 0 Å². The summed E-state index contributed by atoms with van der Waals surface area (Å²) in [6.45, 7) is 1.84. The van der Waals surface area contributed by atoms with Gasteiger partial charge in [0.1, 0.15) is 5.75 Å². The number of benzene rings is 1. The molecular weight excluding hydrogens is 313 g/mol. The fraction of sp³-hybridized carbons (Fsp3) is 0.533. The standard InChI is InChI=1S/C15H19Cl2NO3/c16-11-5-6-14(13(17)9-11)21-8-2-4-15(19)18-10-12-3-1-7-20-12/h5-6,9,12H,1-4,7-8,10H2,(H,18,19)/t12-/m0/s1. The Balaban J connectivity index is 1.59. The van der Waals surface area contributed by atoms with E-state index in [0.29, 0.717) is 41.8 Å². The van der Waals surface area contributed by atoms with Gasteiger partial charge in [0.05, 0.1) is 17.7 Å². The largest absolute Gasteiger partial charge is 0.492 e. The molecule has 21 heavy (non-hydrogen) atoms. The zero-order valence-corrected chi connectivity index (χ0v) is 13.3. The zero-order chi connectivity index (χ0) is 15.1. The number of ether oxygens (including phenoxy) is 2. The van der Waals surface area contributed by atoms with E-state index >= 15 is 0 Å². The van der Waals surface area contributed by atoms with Gasteiger partial charge in [0.15, 0.2) is 0 Å². The highest BCUT2D eigenvalue weighted by molar-refractivity contribution is 6.35. The summed E-state index contributed by atoms with van der Waals surface area (Å²) in [5.74, 6) is 0.608. The van der Waals surface area contributed by atoms with Crippen molar-refractivity contribution in [2.75, 3.05) is 19.8 Å². The second kappa shape index (κ2) is 8.47. The molecule has 6 heteroatoms. The molecule has 0 bridgehead atoms. The topological polar surface area (TPSA) is 47.6 Å². The number of nitrogens with one attached hydrogen (secondary N) is 1. The molecular formula is C15H19Cl2NO3. The second-order valence-corrected chi connectivity index (χ2v) is 5.81. The van der Waals surface area contributed by atoms with Gasteiger partial charge in [-0.25, -0.2) is 0 Å². The molecule has 0 saturated carbocycles. The molecule has 0 aliphatic carbocycles. The molecule has 1 aromatic rings. The highest BCUT2D eigenvalue weighted by Gasteiger charge is 2.15. The van der Waals surface area contributed by atoms with E-state index in [4.69, 9.17) is 32.7 Å². The van der Waals surface area contributed by atoms with Crippen molar-refractivity contribution in [2.45, 2.75) is 31.8 Å². The lowest BCUT2D eigenvalue weighted by Gasteiger charge is -2.11. The first-order chi connectivity index (χ1) is 10.1. The van der Waals surface area contributed by atoms with Gasteiger partial charge in [-0.1, -0.05) is 23.2 Å². The first kappa shape index (κ1) is 16.4. The lowest BCUT2D eigenvalue weighted by Crippen LogP contribution is -2.31. The number of carbonyl (C=O) groups is 1. The van der Waals surface area contributed by atoms with Crippen molar-refractivity contribution >= 4 is 29.1 Å². The molecule has 116 valence electrons. The lowest BCUT2D eigenvalue weighted by atomic mass is 10.2. The Bertz CT molecular complexity index is 476. The van der Waals surface area contributed by atoms with Crippen molar-refractivity contribution in [1.29, 1.82) is 0 Å². The normalized spacial score (nSPS) is 17.7. The van der Waals surface area contributed by atoms with E-state index in [1.807, 2.05) is 0 Å². The molecule has 1 aromatic carbocycles. The van der Waals surface area contributed by atoms with E-state index < -0.39 is 0 Å².